The van der Waals surface area contributed by atoms with Crippen molar-refractivity contribution in [2.45, 2.75) is 13.2 Å². The van der Waals surface area contributed by atoms with Crippen molar-refractivity contribution in [2.24, 2.45) is 0 Å². The highest BCUT2D eigenvalue weighted by Gasteiger charge is 2.35. The first-order chi connectivity index (χ1) is 16.4. The summed E-state index contributed by atoms with van der Waals surface area (Å²) in [7, 11) is 1.52. The smallest absolute Gasteiger partial charge is 0.293 e. The molecule has 9 heteroatoms. The Morgan fingerprint density at radius 2 is 1.79 bits per heavy atom. The second-order valence-electron chi connectivity index (χ2n) is 7.26. The molecule has 4 rings (SSSR count). The van der Waals surface area contributed by atoms with Gasteiger partial charge in [0.2, 0.25) is 0 Å². The van der Waals surface area contributed by atoms with Crippen molar-refractivity contribution in [3.8, 4) is 11.5 Å². The molecule has 0 atom stereocenters. The molecule has 0 N–H and O–H groups in total. The fraction of sp³-hybridized carbons (Fsp3) is 0.120. The molecule has 0 spiro atoms. The van der Waals surface area contributed by atoms with Crippen molar-refractivity contribution in [3.05, 3.63) is 98.1 Å². The number of ether oxygens (including phenoxy) is 2. The molecule has 0 aliphatic carbocycles. The molecule has 3 aromatic carbocycles. The van der Waals surface area contributed by atoms with E-state index in [1.807, 2.05) is 18.2 Å². The molecule has 1 saturated heterocycles. The van der Waals surface area contributed by atoms with Crippen molar-refractivity contribution < 1.29 is 23.5 Å². The summed E-state index contributed by atoms with van der Waals surface area (Å²) in [6.07, 6.45) is 1.58. The first-order valence-electron chi connectivity index (χ1n) is 10.1. The molecule has 0 saturated carbocycles. The Kier molecular flexibility index (Phi) is 7.46. The Morgan fingerprint density at radius 3 is 2.53 bits per heavy atom. The van der Waals surface area contributed by atoms with Gasteiger partial charge < -0.3 is 9.47 Å². The molecule has 0 unspecified atom stereocenters. The number of para-hydroxylation sites is 1. The number of amides is 2. The average molecular weight is 518 g/mol. The van der Waals surface area contributed by atoms with E-state index < -0.39 is 17.0 Å². The number of carbonyl (C=O) groups is 2. The molecule has 5 nitrogen and oxygen atoms in total. The Labute approximate surface area is 210 Å². The van der Waals surface area contributed by atoms with Gasteiger partial charge in [-0.15, -0.1) is 0 Å². The van der Waals surface area contributed by atoms with Crippen LogP contribution in [0.2, 0.25) is 10.0 Å². The van der Waals surface area contributed by atoms with E-state index in [4.69, 9.17) is 32.7 Å². The van der Waals surface area contributed by atoms with Gasteiger partial charge in [0.15, 0.2) is 11.5 Å². The van der Waals surface area contributed by atoms with Crippen LogP contribution in [0.25, 0.3) is 6.08 Å². The van der Waals surface area contributed by atoms with Gasteiger partial charge in [-0.25, -0.2) is 4.39 Å². The zero-order chi connectivity index (χ0) is 24.2. The topological polar surface area (TPSA) is 55.8 Å². The minimum absolute atomic E-state index is 0.0604. The van der Waals surface area contributed by atoms with E-state index in [1.165, 1.54) is 19.2 Å². The summed E-state index contributed by atoms with van der Waals surface area (Å²) in [5, 5.41) is 0.267. The molecule has 1 aliphatic rings. The van der Waals surface area contributed by atoms with Crippen LogP contribution < -0.4 is 9.47 Å². The highest BCUT2D eigenvalue weighted by Crippen LogP contribution is 2.38. The van der Waals surface area contributed by atoms with Gasteiger partial charge >= 0.3 is 0 Å². The van der Waals surface area contributed by atoms with E-state index in [9.17, 15) is 14.0 Å². The van der Waals surface area contributed by atoms with E-state index in [1.54, 1.807) is 30.3 Å². The number of thioether (sulfide) groups is 1. The summed E-state index contributed by atoms with van der Waals surface area (Å²) < 4.78 is 24.8. The summed E-state index contributed by atoms with van der Waals surface area (Å²) in [6, 6.07) is 16.4. The third-order valence-corrected chi connectivity index (χ3v) is 6.69. The predicted molar refractivity (Wildman–Crippen MR) is 132 cm³/mol. The maximum atomic E-state index is 13.3. The Balaban J connectivity index is 1.60. The number of benzene rings is 3. The fourth-order valence-electron chi connectivity index (χ4n) is 3.32. The van der Waals surface area contributed by atoms with E-state index >= 15 is 0 Å². The molecule has 0 aromatic heterocycles. The van der Waals surface area contributed by atoms with Crippen LogP contribution in [0.4, 0.5) is 9.18 Å². The second kappa shape index (κ2) is 10.5. The SMILES string of the molecule is COc1cccc(/C=C2\SC(=O)N(Cc3ccc(F)cc3Cl)C2=O)c1OCc1ccccc1Cl. The number of rotatable bonds is 7. The molecule has 34 heavy (non-hydrogen) atoms. The van der Waals surface area contributed by atoms with Gasteiger partial charge in [-0.2, -0.15) is 0 Å². The van der Waals surface area contributed by atoms with Crippen LogP contribution in [0.15, 0.2) is 65.6 Å². The maximum absolute atomic E-state index is 13.3. The number of imide groups is 1. The molecule has 0 bridgehead atoms. The van der Waals surface area contributed by atoms with Gasteiger partial charge in [-0.05, 0) is 47.7 Å². The van der Waals surface area contributed by atoms with Crippen LogP contribution in [0.5, 0.6) is 11.5 Å². The predicted octanol–water partition coefficient (Wildman–Crippen LogP) is 6.96. The highest BCUT2D eigenvalue weighted by molar-refractivity contribution is 8.18. The Bertz CT molecular complexity index is 1300. The lowest BCUT2D eigenvalue weighted by molar-refractivity contribution is -0.123. The molecule has 1 fully saturated rings. The van der Waals surface area contributed by atoms with Crippen LogP contribution in [-0.4, -0.2) is 23.2 Å². The number of nitrogens with zero attached hydrogens (tertiary/aromatic N) is 1. The second-order valence-corrected chi connectivity index (χ2v) is 9.07. The number of halogens is 3. The lowest BCUT2D eigenvalue weighted by Gasteiger charge is -2.15. The van der Waals surface area contributed by atoms with E-state index in [2.05, 4.69) is 0 Å². The third kappa shape index (κ3) is 5.22. The van der Waals surface area contributed by atoms with Gasteiger partial charge in [0.05, 0.1) is 18.6 Å². The van der Waals surface area contributed by atoms with Gasteiger partial charge in [0.1, 0.15) is 12.4 Å². The van der Waals surface area contributed by atoms with Crippen molar-refractivity contribution in [1.82, 2.24) is 4.90 Å². The molecule has 2 amide bonds. The summed E-state index contributed by atoms with van der Waals surface area (Å²) in [4.78, 5) is 26.9. The van der Waals surface area contributed by atoms with Crippen molar-refractivity contribution >= 4 is 52.2 Å². The largest absolute Gasteiger partial charge is 0.493 e. The minimum Gasteiger partial charge on any atom is -0.493 e. The first-order valence-corrected chi connectivity index (χ1v) is 11.7. The molecular formula is C25H18Cl2FNO4S. The zero-order valence-corrected chi connectivity index (χ0v) is 20.2. The summed E-state index contributed by atoms with van der Waals surface area (Å²) in [5.74, 6) is -0.0863. The van der Waals surface area contributed by atoms with Crippen LogP contribution >= 0.6 is 35.0 Å². The molecule has 1 heterocycles. The Hall–Kier alpha value is -3.00. The average Bonchev–Trinajstić information content (AvgIpc) is 3.08. The van der Waals surface area contributed by atoms with Gasteiger partial charge in [0, 0.05) is 21.2 Å². The van der Waals surface area contributed by atoms with Crippen molar-refractivity contribution in [3.63, 3.8) is 0 Å². The van der Waals surface area contributed by atoms with Gasteiger partial charge in [-0.1, -0.05) is 59.6 Å². The summed E-state index contributed by atoms with van der Waals surface area (Å²) in [5.41, 5.74) is 1.83. The molecule has 174 valence electrons. The lowest BCUT2D eigenvalue weighted by atomic mass is 10.1. The lowest BCUT2D eigenvalue weighted by Crippen LogP contribution is -2.27. The van der Waals surface area contributed by atoms with Gasteiger partial charge in [-0.3, -0.25) is 14.5 Å². The van der Waals surface area contributed by atoms with E-state index in [0.717, 1.165) is 28.3 Å². The van der Waals surface area contributed by atoms with Crippen LogP contribution in [0.1, 0.15) is 16.7 Å². The van der Waals surface area contributed by atoms with Crippen molar-refractivity contribution in [2.75, 3.05) is 7.11 Å². The standard InChI is InChI=1S/C25H18Cl2FNO4S/c1-32-21-8-4-6-15(23(21)33-14-17-5-2-3-7-19(17)26)11-22-24(30)29(25(31)34-22)13-16-9-10-18(28)12-20(16)27/h2-12H,13-14H2,1H3/b22-11-. The van der Waals surface area contributed by atoms with Gasteiger partial charge in [0.25, 0.3) is 11.1 Å². The first kappa shape index (κ1) is 24.1. The number of methoxy groups -OCH3 is 1. The fourth-order valence-corrected chi connectivity index (χ4v) is 4.57. The van der Waals surface area contributed by atoms with E-state index in [-0.39, 0.29) is 23.1 Å². The molecular weight excluding hydrogens is 500 g/mol. The van der Waals surface area contributed by atoms with Crippen LogP contribution in [0.3, 0.4) is 0 Å². The zero-order valence-electron chi connectivity index (χ0n) is 17.9. The number of hydrogen-bond donors (Lipinski definition) is 0. The normalized spacial score (nSPS) is 14.7. The molecule has 0 radical (unpaired) electrons. The minimum atomic E-state index is -0.495. The quantitative estimate of drug-likeness (QED) is 0.317. The Morgan fingerprint density at radius 1 is 1.00 bits per heavy atom. The van der Waals surface area contributed by atoms with Crippen molar-refractivity contribution in [1.29, 1.82) is 0 Å². The monoisotopic (exact) mass is 517 g/mol. The van der Waals surface area contributed by atoms with Crippen LogP contribution in [-0.2, 0) is 17.9 Å². The highest BCUT2D eigenvalue weighted by atomic mass is 35.5. The number of hydrogen-bond acceptors (Lipinski definition) is 5. The third-order valence-electron chi connectivity index (χ3n) is 5.06. The maximum Gasteiger partial charge on any atom is 0.293 e. The summed E-state index contributed by atoms with van der Waals surface area (Å²) in [6.45, 7) is 0.126. The summed E-state index contributed by atoms with van der Waals surface area (Å²) >= 11 is 13.1. The van der Waals surface area contributed by atoms with Crippen LogP contribution in [0, 0.1) is 5.82 Å². The molecule has 3 aromatic rings. The van der Waals surface area contributed by atoms with E-state index in [0.29, 0.717) is 27.6 Å². The number of carbonyl (C=O) groups excluding carboxylic acids is 2. The molecule has 1 aliphatic heterocycles.